The highest BCUT2D eigenvalue weighted by atomic mass is 19.2. The Kier molecular flexibility index (Phi) is 7.18. The lowest BCUT2D eigenvalue weighted by Gasteiger charge is -2.44. The standard InChI is InChI=1S/C30H28F2N2O6/c1-17-13-19(21-6-4-3-5-18(21)9-11-33-28(36)39-2)7-8-20(17)24-16-34(29(37)38)12-10-30(24)23-15-26(32)25(31)14-22(23)27(35)40-30/h3-8,13-15,24H,9-12,16H2,1-2H3,(H,33,36)(H,37,38)/t24-,30+/m1/s1. The first-order chi connectivity index (χ1) is 19.1. The maximum absolute atomic E-state index is 14.4. The molecule has 2 atom stereocenters. The molecule has 0 radical (unpaired) electrons. The maximum atomic E-state index is 14.4. The van der Waals surface area contributed by atoms with Crippen LogP contribution in [0.5, 0.6) is 0 Å². The van der Waals surface area contributed by atoms with E-state index in [-0.39, 0.29) is 30.6 Å². The number of benzene rings is 3. The minimum atomic E-state index is -1.34. The van der Waals surface area contributed by atoms with Crippen LogP contribution in [0.1, 0.15) is 45.0 Å². The molecule has 2 aliphatic rings. The number of hydrogen-bond donors (Lipinski definition) is 2. The van der Waals surface area contributed by atoms with Crippen LogP contribution in [0, 0.1) is 18.6 Å². The number of carbonyl (C=O) groups is 3. The number of piperidine rings is 1. The zero-order valence-electron chi connectivity index (χ0n) is 22.0. The zero-order valence-corrected chi connectivity index (χ0v) is 22.0. The molecule has 1 spiro atoms. The molecule has 2 N–H and O–H groups in total. The fourth-order valence-electron chi connectivity index (χ4n) is 5.87. The van der Waals surface area contributed by atoms with Crippen molar-refractivity contribution in [2.24, 2.45) is 0 Å². The van der Waals surface area contributed by atoms with Crippen LogP contribution in [0.3, 0.4) is 0 Å². The number of esters is 1. The van der Waals surface area contributed by atoms with Gasteiger partial charge < -0.3 is 24.8 Å². The number of carbonyl (C=O) groups excluding carboxylic acids is 2. The van der Waals surface area contributed by atoms with Gasteiger partial charge in [-0.25, -0.2) is 23.2 Å². The summed E-state index contributed by atoms with van der Waals surface area (Å²) in [5.74, 6) is -3.65. The number of amides is 2. The van der Waals surface area contributed by atoms with Gasteiger partial charge in [0, 0.05) is 37.5 Å². The summed E-state index contributed by atoms with van der Waals surface area (Å²) in [7, 11) is 1.31. The first-order valence-electron chi connectivity index (χ1n) is 12.9. The van der Waals surface area contributed by atoms with Crippen molar-refractivity contribution in [3.63, 3.8) is 0 Å². The van der Waals surface area contributed by atoms with Crippen LogP contribution in [0.2, 0.25) is 0 Å². The summed E-state index contributed by atoms with van der Waals surface area (Å²) in [4.78, 5) is 37.5. The number of hydrogen-bond acceptors (Lipinski definition) is 5. The Labute approximate surface area is 229 Å². The number of rotatable bonds is 5. The first-order valence-corrected chi connectivity index (χ1v) is 12.9. The molecular formula is C30H28F2N2O6. The number of ether oxygens (including phenoxy) is 2. The summed E-state index contributed by atoms with van der Waals surface area (Å²) in [6, 6.07) is 15.4. The van der Waals surface area contributed by atoms with E-state index in [1.165, 1.54) is 12.0 Å². The number of fused-ring (bicyclic) bond motifs is 2. The van der Waals surface area contributed by atoms with Crippen LogP contribution in [-0.2, 0) is 21.5 Å². The van der Waals surface area contributed by atoms with Gasteiger partial charge in [0.1, 0.15) is 5.60 Å². The van der Waals surface area contributed by atoms with E-state index < -0.39 is 41.3 Å². The molecule has 0 saturated carbocycles. The predicted octanol–water partition coefficient (Wildman–Crippen LogP) is 5.37. The van der Waals surface area contributed by atoms with Crippen molar-refractivity contribution in [2.45, 2.75) is 31.3 Å². The van der Waals surface area contributed by atoms with Crippen LogP contribution in [0.15, 0.2) is 54.6 Å². The number of nitrogens with zero attached hydrogens (tertiary/aromatic N) is 1. The molecule has 0 aliphatic carbocycles. The third-order valence-corrected chi connectivity index (χ3v) is 7.82. The molecule has 1 fully saturated rings. The minimum absolute atomic E-state index is 0.0109. The van der Waals surface area contributed by atoms with Gasteiger partial charge in [0.25, 0.3) is 0 Å². The fourth-order valence-corrected chi connectivity index (χ4v) is 5.87. The molecule has 2 aliphatic heterocycles. The average Bonchev–Trinajstić information content (AvgIpc) is 3.19. The van der Waals surface area contributed by atoms with E-state index in [1.807, 2.05) is 49.4 Å². The predicted molar refractivity (Wildman–Crippen MR) is 141 cm³/mol. The lowest BCUT2D eigenvalue weighted by atomic mass is 9.71. The number of likely N-dealkylation sites (tertiary alicyclic amines) is 1. The molecule has 10 heteroatoms. The minimum Gasteiger partial charge on any atom is -0.465 e. The Morgan fingerprint density at radius 3 is 2.60 bits per heavy atom. The van der Waals surface area contributed by atoms with Crippen LogP contribution in [0.25, 0.3) is 11.1 Å². The summed E-state index contributed by atoms with van der Waals surface area (Å²) in [5, 5.41) is 12.4. The number of halogens is 2. The van der Waals surface area contributed by atoms with E-state index >= 15 is 0 Å². The summed E-state index contributed by atoms with van der Waals surface area (Å²) in [5.41, 5.74) is 3.30. The lowest BCUT2D eigenvalue weighted by Crippen LogP contribution is -2.50. The maximum Gasteiger partial charge on any atom is 0.407 e. The molecule has 3 aromatic carbocycles. The quantitative estimate of drug-likeness (QED) is 0.414. The smallest absolute Gasteiger partial charge is 0.407 e. The normalized spacial score (nSPS) is 19.8. The van der Waals surface area contributed by atoms with Gasteiger partial charge >= 0.3 is 18.2 Å². The average molecular weight is 551 g/mol. The summed E-state index contributed by atoms with van der Waals surface area (Å²) < 4.78 is 39.0. The first kappa shape index (κ1) is 27.1. The van der Waals surface area contributed by atoms with Crippen molar-refractivity contribution in [3.8, 4) is 11.1 Å². The molecule has 0 unspecified atom stereocenters. The van der Waals surface area contributed by atoms with Gasteiger partial charge in [-0.15, -0.1) is 0 Å². The van der Waals surface area contributed by atoms with E-state index in [4.69, 9.17) is 4.74 Å². The van der Waals surface area contributed by atoms with Gasteiger partial charge in [-0.1, -0.05) is 42.5 Å². The molecule has 2 amide bonds. The monoisotopic (exact) mass is 550 g/mol. The third kappa shape index (κ3) is 4.74. The second kappa shape index (κ2) is 10.6. The number of nitrogens with one attached hydrogen (secondary N) is 1. The van der Waals surface area contributed by atoms with E-state index in [1.54, 1.807) is 0 Å². The third-order valence-electron chi connectivity index (χ3n) is 7.82. The van der Waals surface area contributed by atoms with Gasteiger partial charge in [-0.05, 0) is 53.3 Å². The largest absolute Gasteiger partial charge is 0.465 e. The van der Waals surface area contributed by atoms with Gasteiger partial charge in [0.2, 0.25) is 0 Å². The van der Waals surface area contributed by atoms with Crippen molar-refractivity contribution in [1.82, 2.24) is 10.2 Å². The molecule has 3 aromatic rings. The van der Waals surface area contributed by atoms with Crippen LogP contribution >= 0.6 is 0 Å². The molecule has 40 heavy (non-hydrogen) atoms. The second-order valence-corrected chi connectivity index (χ2v) is 10.0. The Bertz CT molecular complexity index is 1510. The SMILES string of the molecule is COC(=O)NCCc1ccccc1-c1ccc([C@H]2CN(C(=O)O)CC[C@@]23OC(=O)c2cc(F)c(F)cc23)c(C)c1. The highest BCUT2D eigenvalue weighted by Gasteiger charge is 2.55. The Balaban J connectivity index is 1.54. The lowest BCUT2D eigenvalue weighted by molar-refractivity contribution is -0.0545. The van der Waals surface area contributed by atoms with Crippen molar-refractivity contribution < 1.29 is 37.7 Å². The van der Waals surface area contributed by atoms with E-state index in [9.17, 15) is 28.3 Å². The molecule has 208 valence electrons. The van der Waals surface area contributed by atoms with Gasteiger partial charge in [0.05, 0.1) is 12.7 Å². The van der Waals surface area contributed by atoms with E-state index in [0.29, 0.717) is 13.0 Å². The Hall–Kier alpha value is -4.47. The molecule has 0 aromatic heterocycles. The van der Waals surface area contributed by atoms with Crippen LogP contribution in [-0.4, -0.2) is 54.9 Å². The van der Waals surface area contributed by atoms with Crippen molar-refractivity contribution >= 4 is 18.2 Å². The summed E-state index contributed by atoms with van der Waals surface area (Å²) in [6.07, 6.45) is -0.949. The van der Waals surface area contributed by atoms with Gasteiger partial charge in [-0.3, -0.25) is 0 Å². The molecule has 0 bridgehead atoms. The Morgan fingerprint density at radius 1 is 1.12 bits per heavy atom. The van der Waals surface area contributed by atoms with Crippen LogP contribution < -0.4 is 5.32 Å². The van der Waals surface area contributed by atoms with Crippen molar-refractivity contribution in [3.05, 3.63) is 94.0 Å². The molecule has 1 saturated heterocycles. The Morgan fingerprint density at radius 2 is 1.88 bits per heavy atom. The molecular weight excluding hydrogens is 522 g/mol. The highest BCUT2D eigenvalue weighted by molar-refractivity contribution is 5.95. The molecule has 5 rings (SSSR count). The van der Waals surface area contributed by atoms with E-state index in [0.717, 1.165) is 39.9 Å². The number of alkyl carbamates (subject to hydrolysis) is 1. The van der Waals surface area contributed by atoms with Gasteiger partial charge in [-0.2, -0.15) is 0 Å². The topological polar surface area (TPSA) is 105 Å². The van der Waals surface area contributed by atoms with Crippen molar-refractivity contribution in [1.29, 1.82) is 0 Å². The van der Waals surface area contributed by atoms with Gasteiger partial charge in [0.15, 0.2) is 11.6 Å². The second-order valence-electron chi connectivity index (χ2n) is 10.0. The molecule has 2 heterocycles. The summed E-state index contributed by atoms with van der Waals surface area (Å²) in [6.45, 7) is 2.35. The van der Waals surface area contributed by atoms with E-state index in [2.05, 4.69) is 10.1 Å². The number of carboxylic acid groups (broad SMARTS) is 1. The number of aryl methyl sites for hydroxylation is 1. The van der Waals surface area contributed by atoms with Crippen molar-refractivity contribution in [2.75, 3.05) is 26.7 Å². The molecule has 8 nitrogen and oxygen atoms in total. The summed E-state index contributed by atoms with van der Waals surface area (Å²) >= 11 is 0. The highest BCUT2D eigenvalue weighted by Crippen LogP contribution is 2.52. The zero-order chi connectivity index (χ0) is 28.6. The fraction of sp³-hybridized carbons (Fsp3) is 0.300. The van der Waals surface area contributed by atoms with Crippen LogP contribution in [0.4, 0.5) is 18.4 Å². The number of methoxy groups -OCH3 is 1.